The van der Waals surface area contributed by atoms with Crippen LogP contribution in [0.5, 0.6) is 5.75 Å². The van der Waals surface area contributed by atoms with Gasteiger partial charge in [-0.1, -0.05) is 48.5 Å². The minimum atomic E-state index is -3.90. The summed E-state index contributed by atoms with van der Waals surface area (Å²) >= 11 is 0. The van der Waals surface area contributed by atoms with Crippen molar-refractivity contribution in [2.75, 3.05) is 12.4 Å². The summed E-state index contributed by atoms with van der Waals surface area (Å²) in [6, 6.07) is 20.8. The zero-order valence-corrected chi connectivity index (χ0v) is 16.4. The van der Waals surface area contributed by atoms with Gasteiger partial charge in [-0.05, 0) is 29.8 Å². The van der Waals surface area contributed by atoms with Crippen LogP contribution in [0.1, 0.15) is 26.7 Å². The van der Waals surface area contributed by atoms with E-state index in [4.69, 9.17) is 4.74 Å². The van der Waals surface area contributed by atoms with Crippen molar-refractivity contribution in [2.45, 2.75) is 10.1 Å². The van der Waals surface area contributed by atoms with Crippen molar-refractivity contribution >= 4 is 27.0 Å². The molecule has 0 saturated heterocycles. The first kappa shape index (κ1) is 17.7. The lowest BCUT2D eigenvalue weighted by Crippen LogP contribution is -2.19. The van der Waals surface area contributed by atoms with Gasteiger partial charge in [0, 0.05) is 16.7 Å². The first-order valence-electron chi connectivity index (χ1n) is 9.14. The third-order valence-corrected chi connectivity index (χ3v) is 7.47. The maximum absolute atomic E-state index is 13.8. The quantitative estimate of drug-likeness (QED) is 0.693. The van der Waals surface area contributed by atoms with E-state index < -0.39 is 15.1 Å². The number of methoxy groups -OCH3 is 1. The van der Waals surface area contributed by atoms with Crippen LogP contribution >= 0.6 is 0 Å². The van der Waals surface area contributed by atoms with Crippen molar-refractivity contribution in [1.29, 1.82) is 0 Å². The van der Waals surface area contributed by atoms with Crippen LogP contribution in [-0.2, 0) is 9.84 Å². The molecule has 1 atom stereocenters. The smallest absolute Gasteiger partial charge is 0.193 e. The molecule has 0 saturated carbocycles. The molecule has 1 unspecified atom stereocenters. The first-order valence-corrected chi connectivity index (χ1v) is 10.7. The molecule has 144 valence electrons. The highest BCUT2D eigenvalue weighted by atomic mass is 32.2. The molecule has 1 aliphatic carbocycles. The molecule has 29 heavy (non-hydrogen) atoms. The molecule has 2 aliphatic rings. The van der Waals surface area contributed by atoms with Crippen molar-refractivity contribution in [3.05, 3.63) is 95.1 Å². The average Bonchev–Trinajstić information content (AvgIpc) is 2.94. The van der Waals surface area contributed by atoms with Gasteiger partial charge in [-0.2, -0.15) is 0 Å². The number of benzene rings is 3. The Bertz CT molecular complexity index is 1310. The maximum atomic E-state index is 13.8. The van der Waals surface area contributed by atoms with Crippen molar-refractivity contribution in [3.63, 3.8) is 0 Å². The lowest BCUT2D eigenvalue weighted by molar-refractivity contribution is 0.103. The molecule has 0 radical (unpaired) electrons. The number of ketones is 1. The highest BCUT2D eigenvalue weighted by Crippen LogP contribution is 2.49. The van der Waals surface area contributed by atoms with Gasteiger partial charge in [-0.25, -0.2) is 8.42 Å². The van der Waals surface area contributed by atoms with Gasteiger partial charge < -0.3 is 10.1 Å². The molecule has 0 fully saturated rings. The van der Waals surface area contributed by atoms with E-state index in [9.17, 15) is 13.2 Å². The van der Waals surface area contributed by atoms with Gasteiger partial charge in [0.25, 0.3) is 0 Å². The minimum Gasteiger partial charge on any atom is -0.497 e. The molecule has 0 bridgehead atoms. The summed E-state index contributed by atoms with van der Waals surface area (Å²) in [6.45, 7) is 0. The Kier molecular flexibility index (Phi) is 3.86. The van der Waals surface area contributed by atoms with Gasteiger partial charge in [0.2, 0.25) is 0 Å². The molecule has 0 aromatic heterocycles. The van der Waals surface area contributed by atoms with E-state index in [1.165, 1.54) is 7.11 Å². The summed E-state index contributed by atoms with van der Waals surface area (Å²) in [7, 11) is -2.37. The number of hydrogen-bond acceptors (Lipinski definition) is 5. The van der Waals surface area contributed by atoms with E-state index >= 15 is 0 Å². The molecular formula is C23H17NO4S. The number of anilines is 1. The lowest BCUT2D eigenvalue weighted by Gasteiger charge is -2.19. The van der Waals surface area contributed by atoms with Gasteiger partial charge in [0.15, 0.2) is 15.6 Å². The van der Waals surface area contributed by atoms with Crippen molar-refractivity contribution in [3.8, 4) is 5.75 Å². The number of Topliss-reactive ketones (excluding diaryl/α,β-unsaturated/α-hetero) is 1. The summed E-state index contributed by atoms with van der Waals surface area (Å²) in [6.07, 6.45) is 0. The lowest BCUT2D eigenvalue weighted by atomic mass is 10.0. The molecule has 1 heterocycles. The van der Waals surface area contributed by atoms with Crippen LogP contribution in [0.15, 0.2) is 83.3 Å². The summed E-state index contributed by atoms with van der Waals surface area (Å²) < 4.78 is 32.9. The Morgan fingerprint density at radius 1 is 0.897 bits per heavy atom. The second-order valence-corrected chi connectivity index (χ2v) is 8.99. The number of carbonyl (C=O) groups excluding carboxylic acids is 1. The number of para-hydroxylation sites is 1. The Hall–Kier alpha value is -3.38. The van der Waals surface area contributed by atoms with Gasteiger partial charge in [-0.15, -0.1) is 0 Å². The number of hydrogen-bond donors (Lipinski definition) is 1. The fourth-order valence-corrected chi connectivity index (χ4v) is 6.06. The zero-order valence-electron chi connectivity index (χ0n) is 15.5. The molecular weight excluding hydrogens is 386 g/mol. The molecule has 1 N–H and O–H groups in total. The fraction of sp³-hybridized carbons (Fsp3) is 0.0870. The number of nitrogens with one attached hydrogen (secondary N) is 1. The monoisotopic (exact) mass is 403 g/mol. The van der Waals surface area contributed by atoms with Crippen molar-refractivity contribution in [2.24, 2.45) is 0 Å². The third kappa shape index (κ3) is 2.53. The topological polar surface area (TPSA) is 72.5 Å². The molecule has 3 aromatic rings. The Labute approximate surface area is 168 Å². The zero-order chi connectivity index (χ0) is 20.2. The third-order valence-electron chi connectivity index (χ3n) is 5.38. The largest absolute Gasteiger partial charge is 0.497 e. The Morgan fingerprint density at radius 2 is 1.62 bits per heavy atom. The van der Waals surface area contributed by atoms with Gasteiger partial charge in [0.05, 0.1) is 23.4 Å². The van der Waals surface area contributed by atoms with E-state index in [-0.39, 0.29) is 16.3 Å². The highest BCUT2D eigenvalue weighted by Gasteiger charge is 2.45. The average molecular weight is 403 g/mol. The normalized spacial score (nSPS) is 18.9. The van der Waals surface area contributed by atoms with Gasteiger partial charge in [-0.3, -0.25) is 4.79 Å². The SMILES string of the molecule is COc1cccc(C2C3=C(Nc4ccccc4S2(=O)=O)c2ccccc2C3=O)c1. The van der Waals surface area contributed by atoms with Crippen LogP contribution in [0, 0.1) is 0 Å². The summed E-state index contributed by atoms with van der Waals surface area (Å²) in [5.41, 5.74) is 2.98. The Morgan fingerprint density at radius 3 is 2.41 bits per heavy atom. The van der Waals surface area contributed by atoms with Crippen LogP contribution in [0.25, 0.3) is 5.70 Å². The van der Waals surface area contributed by atoms with Crippen LogP contribution in [0.4, 0.5) is 5.69 Å². The predicted octanol–water partition coefficient (Wildman–Crippen LogP) is 4.24. The summed E-state index contributed by atoms with van der Waals surface area (Å²) in [5.74, 6) is 0.264. The highest BCUT2D eigenvalue weighted by molar-refractivity contribution is 7.92. The maximum Gasteiger partial charge on any atom is 0.193 e. The Balaban J connectivity index is 1.86. The van der Waals surface area contributed by atoms with Crippen molar-refractivity contribution < 1.29 is 17.9 Å². The minimum absolute atomic E-state index is 0.174. The molecule has 0 spiro atoms. The molecule has 5 nitrogen and oxygen atoms in total. The second kappa shape index (κ2) is 6.32. The number of rotatable bonds is 2. The van der Waals surface area contributed by atoms with E-state index in [1.807, 2.05) is 12.1 Å². The predicted molar refractivity (Wildman–Crippen MR) is 111 cm³/mol. The van der Waals surface area contributed by atoms with E-state index in [1.54, 1.807) is 60.7 Å². The number of sulfone groups is 1. The number of fused-ring (bicyclic) bond motifs is 3. The molecule has 6 heteroatoms. The van der Waals surface area contributed by atoms with Crippen LogP contribution in [0.3, 0.4) is 0 Å². The molecule has 1 aliphatic heterocycles. The summed E-state index contributed by atoms with van der Waals surface area (Å²) in [4.78, 5) is 13.5. The molecule has 3 aromatic carbocycles. The molecule has 5 rings (SSSR count). The molecule has 0 amide bonds. The second-order valence-electron chi connectivity index (χ2n) is 6.99. The van der Waals surface area contributed by atoms with Gasteiger partial charge >= 0.3 is 0 Å². The van der Waals surface area contributed by atoms with Crippen molar-refractivity contribution in [1.82, 2.24) is 0 Å². The van der Waals surface area contributed by atoms with E-state index in [0.717, 1.165) is 0 Å². The summed E-state index contributed by atoms with van der Waals surface area (Å²) in [5, 5.41) is 2.10. The standard InChI is InChI=1S/C23H17NO4S/c1-28-15-8-6-7-14(13-15)23-20-21(16-9-2-3-10-17(16)22(20)25)24-18-11-4-5-12-19(18)29(23,26)27/h2-13,23-24H,1H3. The fourth-order valence-electron chi connectivity index (χ4n) is 4.07. The van der Waals surface area contributed by atoms with Crippen LogP contribution < -0.4 is 10.1 Å². The van der Waals surface area contributed by atoms with E-state index in [2.05, 4.69) is 5.32 Å². The number of ether oxygens (including phenoxy) is 1. The first-order chi connectivity index (χ1) is 14.0. The van der Waals surface area contributed by atoms with Gasteiger partial charge in [0.1, 0.15) is 11.0 Å². The van der Waals surface area contributed by atoms with Crippen LogP contribution in [0.2, 0.25) is 0 Å². The van der Waals surface area contributed by atoms with Crippen LogP contribution in [-0.4, -0.2) is 21.3 Å². The number of carbonyl (C=O) groups is 1. The van der Waals surface area contributed by atoms with E-state index in [0.29, 0.717) is 33.8 Å².